The Bertz CT molecular complexity index is 1020. The van der Waals surface area contributed by atoms with Crippen LogP contribution in [0.1, 0.15) is 87.8 Å². The van der Waals surface area contributed by atoms with Crippen LogP contribution in [0.5, 0.6) is 11.5 Å². The molecule has 2 aromatic carbocycles. The molecular formula is C30H42O7. The quantitative estimate of drug-likeness (QED) is 0.176. The lowest BCUT2D eigenvalue weighted by Crippen LogP contribution is -2.15. The van der Waals surface area contributed by atoms with Crippen LogP contribution in [0, 0.1) is 13.8 Å². The van der Waals surface area contributed by atoms with Crippen molar-refractivity contribution < 1.29 is 34.3 Å². The van der Waals surface area contributed by atoms with E-state index in [1.807, 2.05) is 79.7 Å². The zero-order valence-corrected chi connectivity index (χ0v) is 23.5. The minimum Gasteiger partial charge on any atom is -0.507 e. The highest BCUT2D eigenvalue weighted by molar-refractivity contribution is 5.70. The number of benzene rings is 2. The molecule has 0 radical (unpaired) electrons. The van der Waals surface area contributed by atoms with Crippen molar-refractivity contribution >= 4 is 11.9 Å². The molecule has 0 aliphatic carbocycles. The van der Waals surface area contributed by atoms with E-state index in [4.69, 9.17) is 14.5 Å². The Kier molecular flexibility index (Phi) is 10.2. The molecule has 0 aromatic heterocycles. The fourth-order valence-corrected chi connectivity index (χ4v) is 4.12. The summed E-state index contributed by atoms with van der Waals surface area (Å²) in [6.45, 7) is 15.9. The third kappa shape index (κ3) is 9.08. The second-order valence-electron chi connectivity index (χ2n) is 11.6. The van der Waals surface area contributed by atoms with E-state index >= 15 is 0 Å². The third-order valence-electron chi connectivity index (χ3n) is 6.06. The van der Waals surface area contributed by atoms with E-state index in [-0.39, 0.29) is 48.4 Å². The van der Waals surface area contributed by atoms with Crippen molar-refractivity contribution in [3.8, 4) is 11.5 Å². The summed E-state index contributed by atoms with van der Waals surface area (Å²) in [6, 6.07) is 7.65. The number of phenols is 2. The van der Waals surface area contributed by atoms with Gasteiger partial charge in [0.25, 0.3) is 0 Å². The maximum Gasteiger partial charge on any atom is 0.342 e. The molecule has 0 unspecified atom stereocenters. The van der Waals surface area contributed by atoms with Gasteiger partial charge in [0.2, 0.25) is 0 Å². The van der Waals surface area contributed by atoms with Crippen LogP contribution in [0.4, 0.5) is 0 Å². The van der Waals surface area contributed by atoms with E-state index in [0.717, 1.165) is 22.3 Å². The number of aromatic hydroxyl groups is 2. The van der Waals surface area contributed by atoms with Crippen LogP contribution >= 0.6 is 0 Å². The Balaban J connectivity index is 1.73. The summed E-state index contributed by atoms with van der Waals surface area (Å²) in [5, 5.41) is 21.2. The van der Waals surface area contributed by atoms with Crippen LogP contribution in [-0.4, -0.2) is 35.4 Å². The number of carbonyl (C=O) groups is 2. The first-order valence-corrected chi connectivity index (χ1v) is 12.7. The molecule has 0 heterocycles. The SMILES string of the molecule is Cc1cc(CCC(=O)OCCOOC(=O)CCc2cc(C)cc(C(C)(C)C)c2O)c(O)c(C(C)(C)C)c1. The molecule has 0 saturated carbocycles. The average molecular weight is 515 g/mol. The van der Waals surface area contributed by atoms with Gasteiger partial charge in [0.15, 0.2) is 0 Å². The molecule has 2 N–H and O–H groups in total. The molecule has 37 heavy (non-hydrogen) atoms. The molecule has 0 atom stereocenters. The van der Waals surface area contributed by atoms with Gasteiger partial charge in [-0.25, -0.2) is 4.79 Å². The first kappa shape index (κ1) is 30.2. The lowest BCUT2D eigenvalue weighted by atomic mass is 9.83. The number of aryl methyl sites for hydroxylation is 4. The summed E-state index contributed by atoms with van der Waals surface area (Å²) in [5.41, 5.74) is 4.67. The van der Waals surface area contributed by atoms with Crippen LogP contribution in [-0.2, 0) is 47.8 Å². The van der Waals surface area contributed by atoms with Crippen LogP contribution in [0.2, 0.25) is 0 Å². The fraction of sp³-hybridized carbons (Fsp3) is 0.533. The van der Waals surface area contributed by atoms with Crippen LogP contribution in [0.25, 0.3) is 0 Å². The van der Waals surface area contributed by atoms with Gasteiger partial charge in [-0.3, -0.25) is 9.68 Å². The van der Waals surface area contributed by atoms with Crippen LogP contribution in [0.3, 0.4) is 0 Å². The Hall–Kier alpha value is -3.06. The summed E-state index contributed by atoms with van der Waals surface area (Å²) in [4.78, 5) is 33.8. The summed E-state index contributed by atoms with van der Waals surface area (Å²) >= 11 is 0. The minimum absolute atomic E-state index is 0.0386. The number of hydrogen-bond donors (Lipinski definition) is 2. The summed E-state index contributed by atoms with van der Waals surface area (Å²) in [5.74, 6) is -0.589. The number of carbonyl (C=O) groups excluding carboxylic acids is 2. The second kappa shape index (κ2) is 12.5. The molecule has 0 saturated heterocycles. The smallest absolute Gasteiger partial charge is 0.342 e. The highest BCUT2D eigenvalue weighted by atomic mass is 17.2. The topological polar surface area (TPSA) is 102 Å². The number of ether oxygens (including phenoxy) is 1. The molecule has 2 rings (SSSR count). The highest BCUT2D eigenvalue weighted by Crippen LogP contribution is 2.36. The molecule has 0 bridgehead atoms. The molecule has 7 heteroatoms. The van der Waals surface area contributed by atoms with E-state index in [2.05, 4.69) is 0 Å². The zero-order chi connectivity index (χ0) is 28.0. The van der Waals surface area contributed by atoms with E-state index < -0.39 is 11.9 Å². The largest absolute Gasteiger partial charge is 0.507 e. The van der Waals surface area contributed by atoms with Crippen molar-refractivity contribution in [2.24, 2.45) is 0 Å². The minimum atomic E-state index is -0.575. The molecule has 0 fully saturated rings. The first-order chi connectivity index (χ1) is 17.1. The standard InChI is InChI=1S/C30H42O7/c1-19-15-21(27(33)23(17-19)29(3,4)5)9-11-25(31)35-13-14-36-37-26(32)12-10-22-16-20(2)18-24(28(22)34)30(6,7)8/h15-18,33-34H,9-14H2,1-8H3. The summed E-state index contributed by atoms with van der Waals surface area (Å²) in [6.07, 6.45) is 0.818. The lowest BCUT2D eigenvalue weighted by molar-refractivity contribution is -0.275. The van der Waals surface area contributed by atoms with Gasteiger partial charge in [0.05, 0.1) is 6.42 Å². The molecule has 204 valence electrons. The fourth-order valence-electron chi connectivity index (χ4n) is 4.12. The van der Waals surface area contributed by atoms with Gasteiger partial charge < -0.3 is 14.9 Å². The van der Waals surface area contributed by atoms with Crippen molar-refractivity contribution in [2.45, 2.75) is 91.9 Å². The molecule has 0 aliphatic rings. The van der Waals surface area contributed by atoms with Crippen LogP contribution in [0.15, 0.2) is 24.3 Å². The first-order valence-electron chi connectivity index (χ1n) is 12.7. The molecular weight excluding hydrogens is 472 g/mol. The van der Waals surface area contributed by atoms with Gasteiger partial charge in [-0.2, -0.15) is 4.89 Å². The van der Waals surface area contributed by atoms with Gasteiger partial charge in [-0.15, -0.1) is 0 Å². The van der Waals surface area contributed by atoms with Gasteiger partial charge in [-0.05, 0) is 59.8 Å². The molecule has 0 spiro atoms. The normalized spacial score (nSPS) is 11.9. The Morgan fingerprint density at radius 1 is 0.703 bits per heavy atom. The maximum atomic E-state index is 12.1. The molecule has 0 amide bonds. The molecule has 7 nitrogen and oxygen atoms in total. The van der Waals surface area contributed by atoms with Crippen molar-refractivity contribution in [3.63, 3.8) is 0 Å². The number of hydrogen-bond acceptors (Lipinski definition) is 7. The molecule has 0 aliphatic heterocycles. The highest BCUT2D eigenvalue weighted by Gasteiger charge is 2.22. The number of esters is 1. The number of phenolic OH excluding ortho intramolecular Hbond substituents is 2. The predicted molar refractivity (Wildman–Crippen MR) is 143 cm³/mol. The van der Waals surface area contributed by atoms with Crippen molar-refractivity contribution in [2.75, 3.05) is 13.2 Å². The van der Waals surface area contributed by atoms with Gasteiger partial charge in [0, 0.05) is 6.42 Å². The zero-order valence-electron chi connectivity index (χ0n) is 23.5. The third-order valence-corrected chi connectivity index (χ3v) is 6.06. The Labute approximate surface area is 220 Å². The average Bonchev–Trinajstić information content (AvgIpc) is 2.77. The number of rotatable bonds is 10. The van der Waals surface area contributed by atoms with Gasteiger partial charge in [0.1, 0.15) is 24.7 Å². The Morgan fingerprint density at radius 3 is 1.57 bits per heavy atom. The summed E-state index contributed by atoms with van der Waals surface area (Å²) in [7, 11) is 0. The van der Waals surface area contributed by atoms with E-state index in [1.165, 1.54) is 0 Å². The predicted octanol–water partition coefficient (Wildman–Crippen LogP) is 5.89. The Morgan fingerprint density at radius 2 is 1.14 bits per heavy atom. The van der Waals surface area contributed by atoms with Crippen molar-refractivity contribution in [1.82, 2.24) is 0 Å². The monoisotopic (exact) mass is 514 g/mol. The van der Waals surface area contributed by atoms with E-state index in [0.29, 0.717) is 24.0 Å². The van der Waals surface area contributed by atoms with Crippen molar-refractivity contribution in [3.05, 3.63) is 57.6 Å². The van der Waals surface area contributed by atoms with E-state index in [9.17, 15) is 19.8 Å². The molecule has 2 aromatic rings. The summed E-state index contributed by atoms with van der Waals surface area (Å²) < 4.78 is 5.15. The van der Waals surface area contributed by atoms with Gasteiger partial charge in [-0.1, -0.05) is 76.9 Å². The van der Waals surface area contributed by atoms with Crippen molar-refractivity contribution in [1.29, 1.82) is 0 Å². The van der Waals surface area contributed by atoms with Crippen LogP contribution < -0.4 is 0 Å². The maximum absolute atomic E-state index is 12.1. The lowest BCUT2D eigenvalue weighted by Gasteiger charge is -2.23. The van der Waals surface area contributed by atoms with Gasteiger partial charge >= 0.3 is 11.9 Å². The second-order valence-corrected chi connectivity index (χ2v) is 11.6. The van der Waals surface area contributed by atoms with E-state index in [1.54, 1.807) is 0 Å².